The lowest BCUT2D eigenvalue weighted by atomic mass is 10.1. The Kier molecular flexibility index (Phi) is 6.83. The first-order chi connectivity index (χ1) is 18.2. The molecule has 194 valence electrons. The third-order valence-corrected chi connectivity index (χ3v) is 7.62. The number of carbonyl (C=O) groups is 5. The third-order valence-electron chi connectivity index (χ3n) is 6.39. The number of aromatic nitrogens is 1. The van der Waals surface area contributed by atoms with Gasteiger partial charge in [-0.2, -0.15) is 0 Å². The van der Waals surface area contributed by atoms with Crippen LogP contribution in [0.1, 0.15) is 30.4 Å². The van der Waals surface area contributed by atoms with Gasteiger partial charge in [-0.05, 0) is 36.4 Å². The molecule has 0 aliphatic carbocycles. The molecule has 2 aliphatic rings. The molecule has 0 radical (unpaired) electrons. The molecule has 1 unspecified atom stereocenters. The number of rotatable bonds is 6. The third kappa shape index (κ3) is 4.71. The highest BCUT2D eigenvalue weighted by Crippen LogP contribution is 2.31. The van der Waals surface area contributed by atoms with Crippen LogP contribution in [-0.2, 0) is 9.59 Å². The summed E-state index contributed by atoms with van der Waals surface area (Å²) in [6.45, 7) is 0.183. The molecule has 13 heteroatoms. The van der Waals surface area contributed by atoms with Crippen LogP contribution in [0.4, 0.5) is 11.4 Å². The number of hydrogen-bond acceptors (Lipinski definition) is 8. The lowest BCUT2D eigenvalue weighted by molar-refractivity contribution is -0.140. The number of amides is 5. The maximum absolute atomic E-state index is 13.3. The largest absolute Gasteiger partial charge is 0.368 e. The van der Waals surface area contributed by atoms with Gasteiger partial charge in [-0.25, -0.2) is 0 Å². The van der Waals surface area contributed by atoms with Crippen LogP contribution >= 0.6 is 22.9 Å². The first-order valence-corrected chi connectivity index (χ1v) is 12.7. The molecule has 11 nitrogen and oxygen atoms in total. The molecular weight excluding hydrogens is 532 g/mol. The number of primary amides is 1. The number of nitrogens with zero attached hydrogens (tertiary/aromatic N) is 4. The summed E-state index contributed by atoms with van der Waals surface area (Å²) in [6, 6.07) is 10.2. The van der Waals surface area contributed by atoms with E-state index < -0.39 is 42.1 Å². The molecule has 0 spiro atoms. The van der Waals surface area contributed by atoms with Crippen molar-refractivity contribution in [3.05, 3.63) is 75.2 Å². The molecule has 0 bridgehead atoms. The monoisotopic (exact) mass is 552 g/mol. The number of piperazine rings is 1. The summed E-state index contributed by atoms with van der Waals surface area (Å²) >= 11 is 6.98. The minimum Gasteiger partial charge on any atom is -0.368 e. The number of anilines is 2. The molecule has 5 amide bonds. The van der Waals surface area contributed by atoms with Gasteiger partial charge in [-0.15, -0.1) is 11.3 Å². The van der Waals surface area contributed by atoms with Crippen molar-refractivity contribution in [1.29, 1.82) is 0 Å². The number of imide groups is 1. The second-order valence-corrected chi connectivity index (χ2v) is 10.4. The van der Waals surface area contributed by atoms with Crippen molar-refractivity contribution in [3.8, 4) is 0 Å². The first kappa shape index (κ1) is 25.4. The maximum atomic E-state index is 13.3. The van der Waals surface area contributed by atoms with E-state index in [0.29, 0.717) is 15.8 Å². The fourth-order valence-corrected chi connectivity index (χ4v) is 5.48. The van der Waals surface area contributed by atoms with Crippen molar-refractivity contribution < 1.29 is 24.0 Å². The zero-order valence-electron chi connectivity index (χ0n) is 19.8. The van der Waals surface area contributed by atoms with Crippen LogP contribution in [0.2, 0.25) is 4.34 Å². The molecule has 1 saturated heterocycles. The van der Waals surface area contributed by atoms with Gasteiger partial charge in [0.05, 0.1) is 26.0 Å². The summed E-state index contributed by atoms with van der Waals surface area (Å²) in [5.74, 6) is -3.15. The Bertz CT molecular complexity index is 1460. The lowest BCUT2D eigenvalue weighted by Crippen LogP contribution is -2.61. The predicted octanol–water partition coefficient (Wildman–Crippen LogP) is 1.85. The number of thiophene rings is 1. The van der Waals surface area contributed by atoms with Crippen molar-refractivity contribution in [2.75, 3.05) is 36.4 Å². The van der Waals surface area contributed by atoms with Crippen molar-refractivity contribution in [2.24, 2.45) is 5.73 Å². The molecule has 5 rings (SSSR count). The van der Waals surface area contributed by atoms with E-state index in [1.807, 2.05) is 4.90 Å². The summed E-state index contributed by atoms with van der Waals surface area (Å²) in [6.07, 6.45) is 3.25. The van der Waals surface area contributed by atoms with Gasteiger partial charge in [-0.3, -0.25) is 33.9 Å². The first-order valence-electron chi connectivity index (χ1n) is 11.5. The SMILES string of the molecule is NC(=O)C1CN(c2ccncc2)CCN1C(=O)CN1C(=O)c2cccc(NC(=O)c3ccc(Cl)s3)c2C1=O. The normalized spacial score (nSPS) is 17.0. The van der Waals surface area contributed by atoms with Crippen LogP contribution in [0.15, 0.2) is 54.9 Å². The van der Waals surface area contributed by atoms with E-state index in [1.54, 1.807) is 36.7 Å². The van der Waals surface area contributed by atoms with E-state index in [-0.39, 0.29) is 29.9 Å². The van der Waals surface area contributed by atoms with E-state index in [1.165, 1.54) is 23.1 Å². The number of pyridine rings is 1. The topological polar surface area (TPSA) is 146 Å². The van der Waals surface area contributed by atoms with Gasteiger partial charge in [0.25, 0.3) is 17.7 Å². The Morgan fingerprint density at radius 1 is 1.05 bits per heavy atom. The summed E-state index contributed by atoms with van der Waals surface area (Å²) in [7, 11) is 0. The number of halogens is 1. The Morgan fingerprint density at radius 2 is 1.82 bits per heavy atom. The number of hydrogen-bond donors (Lipinski definition) is 2. The Balaban J connectivity index is 1.32. The zero-order chi connectivity index (χ0) is 27.0. The van der Waals surface area contributed by atoms with Gasteiger partial charge in [-0.1, -0.05) is 17.7 Å². The van der Waals surface area contributed by atoms with Crippen molar-refractivity contribution in [3.63, 3.8) is 0 Å². The van der Waals surface area contributed by atoms with Gasteiger partial charge in [0.1, 0.15) is 12.6 Å². The Morgan fingerprint density at radius 3 is 2.50 bits per heavy atom. The number of carbonyl (C=O) groups excluding carboxylic acids is 5. The minimum atomic E-state index is -0.952. The molecule has 1 fully saturated rings. The molecule has 1 atom stereocenters. The van der Waals surface area contributed by atoms with E-state index >= 15 is 0 Å². The number of nitrogens with two attached hydrogens (primary N) is 1. The maximum Gasteiger partial charge on any atom is 0.265 e. The average molecular weight is 553 g/mol. The molecule has 4 heterocycles. The van der Waals surface area contributed by atoms with Crippen LogP contribution in [0.5, 0.6) is 0 Å². The number of nitrogens with one attached hydrogen (secondary N) is 1. The standard InChI is InChI=1S/C25H21ClN6O5S/c26-19-5-4-18(38-19)23(35)29-16-3-1-2-15-21(16)25(37)32(24(15)36)13-20(33)31-11-10-30(12-17(31)22(27)34)14-6-8-28-9-7-14/h1-9,17H,10-13H2,(H2,27,34)(H,29,35). The highest BCUT2D eigenvalue weighted by Gasteiger charge is 2.41. The molecular formula is C25H21ClN6O5S. The molecule has 0 saturated carbocycles. The van der Waals surface area contributed by atoms with E-state index in [0.717, 1.165) is 21.9 Å². The van der Waals surface area contributed by atoms with E-state index in [9.17, 15) is 24.0 Å². The van der Waals surface area contributed by atoms with E-state index in [2.05, 4.69) is 10.3 Å². The summed E-state index contributed by atoms with van der Waals surface area (Å²) in [4.78, 5) is 72.9. The van der Waals surface area contributed by atoms with Crippen LogP contribution in [-0.4, -0.2) is 76.5 Å². The second kappa shape index (κ2) is 10.2. The predicted molar refractivity (Wildman–Crippen MR) is 140 cm³/mol. The summed E-state index contributed by atoms with van der Waals surface area (Å²) < 4.78 is 0.431. The molecule has 1 aromatic carbocycles. The fraction of sp³-hybridized carbons (Fsp3) is 0.200. The summed E-state index contributed by atoms with van der Waals surface area (Å²) in [5.41, 5.74) is 6.66. The number of fused-ring (bicyclic) bond motifs is 1. The van der Waals surface area contributed by atoms with Gasteiger partial charge >= 0.3 is 0 Å². The van der Waals surface area contributed by atoms with Crippen LogP contribution in [0, 0.1) is 0 Å². The second-order valence-electron chi connectivity index (χ2n) is 8.64. The molecule has 3 aromatic rings. The van der Waals surface area contributed by atoms with Crippen molar-refractivity contribution in [1.82, 2.24) is 14.8 Å². The lowest BCUT2D eigenvalue weighted by Gasteiger charge is -2.41. The smallest absolute Gasteiger partial charge is 0.265 e. The van der Waals surface area contributed by atoms with Gasteiger partial charge in [0, 0.05) is 37.7 Å². The fourth-order valence-electron chi connectivity index (χ4n) is 4.54. The highest BCUT2D eigenvalue weighted by molar-refractivity contribution is 7.18. The molecule has 2 aromatic heterocycles. The van der Waals surface area contributed by atoms with Crippen LogP contribution in [0.25, 0.3) is 0 Å². The molecule has 2 aliphatic heterocycles. The van der Waals surface area contributed by atoms with Gasteiger partial charge < -0.3 is 20.9 Å². The van der Waals surface area contributed by atoms with Crippen LogP contribution < -0.4 is 16.0 Å². The van der Waals surface area contributed by atoms with Gasteiger partial charge in [0.2, 0.25) is 11.8 Å². The Labute approximate surface area is 225 Å². The Hall–Kier alpha value is -4.29. The summed E-state index contributed by atoms with van der Waals surface area (Å²) in [5, 5.41) is 2.65. The van der Waals surface area contributed by atoms with E-state index in [4.69, 9.17) is 17.3 Å². The number of benzene rings is 1. The highest BCUT2D eigenvalue weighted by atomic mass is 35.5. The molecule has 38 heavy (non-hydrogen) atoms. The van der Waals surface area contributed by atoms with Gasteiger partial charge in [0.15, 0.2) is 0 Å². The van der Waals surface area contributed by atoms with Crippen molar-refractivity contribution in [2.45, 2.75) is 6.04 Å². The zero-order valence-corrected chi connectivity index (χ0v) is 21.4. The molecule has 3 N–H and O–H groups in total. The quantitative estimate of drug-likeness (QED) is 0.444. The van der Waals surface area contributed by atoms with Crippen molar-refractivity contribution >= 4 is 63.8 Å². The average Bonchev–Trinajstić information content (AvgIpc) is 3.46. The van der Waals surface area contributed by atoms with Crippen LogP contribution in [0.3, 0.4) is 0 Å². The minimum absolute atomic E-state index is 0.00439.